The summed E-state index contributed by atoms with van der Waals surface area (Å²) in [5.41, 5.74) is 0.945. The molecule has 0 fully saturated rings. The van der Waals surface area contributed by atoms with E-state index in [9.17, 15) is 13.5 Å². The van der Waals surface area contributed by atoms with Crippen LogP contribution >= 0.6 is 0 Å². The van der Waals surface area contributed by atoms with Gasteiger partial charge in [-0.05, 0) is 26.7 Å². The van der Waals surface area contributed by atoms with Crippen LogP contribution in [-0.2, 0) is 16.6 Å². The summed E-state index contributed by atoms with van der Waals surface area (Å²) in [6.45, 7) is 7.73. The summed E-state index contributed by atoms with van der Waals surface area (Å²) in [7, 11) is -3.68. The van der Waals surface area contributed by atoms with E-state index in [2.05, 4.69) is 10.2 Å². The number of rotatable bonds is 8. The summed E-state index contributed by atoms with van der Waals surface area (Å²) < 4.78 is 27.0. The number of nitrogens with zero attached hydrogens (tertiary/aromatic N) is 2. The topological polar surface area (TPSA) is 86.3 Å². The van der Waals surface area contributed by atoms with Gasteiger partial charge in [0.2, 0.25) is 0 Å². The van der Waals surface area contributed by atoms with Crippen molar-refractivity contribution < 1.29 is 13.5 Å². The number of hydrogen-bond acceptors (Lipinski definition) is 4. The van der Waals surface area contributed by atoms with Crippen LogP contribution in [0.4, 0.5) is 0 Å². The lowest BCUT2D eigenvalue weighted by Gasteiger charge is -2.27. The van der Waals surface area contributed by atoms with Crippen LogP contribution in [-0.4, -0.2) is 40.6 Å². The van der Waals surface area contributed by atoms with Crippen molar-refractivity contribution in [3.63, 3.8) is 0 Å². The minimum atomic E-state index is -3.68. The maximum atomic E-state index is 12.8. The van der Waals surface area contributed by atoms with Crippen molar-refractivity contribution in [2.24, 2.45) is 0 Å². The fourth-order valence-electron chi connectivity index (χ4n) is 2.04. The Hall–Kier alpha value is -0.920. The number of aryl methyl sites for hydroxylation is 1. The first-order valence-corrected chi connectivity index (χ1v) is 8.50. The summed E-state index contributed by atoms with van der Waals surface area (Å²) in [4.78, 5) is 0. The zero-order valence-corrected chi connectivity index (χ0v) is 13.5. The second kappa shape index (κ2) is 7.19. The van der Waals surface area contributed by atoms with Gasteiger partial charge in [0, 0.05) is 23.8 Å². The fourth-order valence-corrected chi connectivity index (χ4v) is 3.94. The maximum Gasteiger partial charge on any atom is 0.262 e. The van der Waals surface area contributed by atoms with Gasteiger partial charge in [0.1, 0.15) is 0 Å². The molecule has 0 radical (unpaired) electrons. The standard InChI is InChI=1S/C13H25N3O3S/c1-5-7-8-16(10(3)6-2)20(18,19)13-12(9-17)11(4)14-15-13/h10,17H,5-9H2,1-4H3,(H,14,15). The van der Waals surface area contributed by atoms with Crippen LogP contribution in [0.1, 0.15) is 51.3 Å². The van der Waals surface area contributed by atoms with E-state index < -0.39 is 10.0 Å². The molecule has 0 aliphatic rings. The van der Waals surface area contributed by atoms with Crippen molar-refractivity contribution in [1.82, 2.24) is 14.5 Å². The highest BCUT2D eigenvalue weighted by Crippen LogP contribution is 2.23. The second-order valence-electron chi connectivity index (χ2n) is 5.02. The van der Waals surface area contributed by atoms with Crippen molar-refractivity contribution in [2.75, 3.05) is 6.54 Å². The molecule has 0 amide bonds. The number of aromatic nitrogens is 2. The molecule has 1 unspecified atom stereocenters. The van der Waals surface area contributed by atoms with E-state index >= 15 is 0 Å². The van der Waals surface area contributed by atoms with Crippen molar-refractivity contribution >= 4 is 10.0 Å². The van der Waals surface area contributed by atoms with Crippen molar-refractivity contribution in [3.05, 3.63) is 11.3 Å². The van der Waals surface area contributed by atoms with E-state index in [-0.39, 0.29) is 17.7 Å². The molecule has 6 nitrogen and oxygen atoms in total. The molecule has 2 N–H and O–H groups in total. The predicted molar refractivity (Wildman–Crippen MR) is 77.8 cm³/mol. The highest BCUT2D eigenvalue weighted by atomic mass is 32.2. The lowest BCUT2D eigenvalue weighted by atomic mass is 10.2. The summed E-state index contributed by atoms with van der Waals surface area (Å²) in [6, 6.07) is -0.0879. The van der Waals surface area contributed by atoms with Crippen molar-refractivity contribution in [3.8, 4) is 0 Å². The van der Waals surface area contributed by atoms with E-state index in [4.69, 9.17) is 0 Å². The van der Waals surface area contributed by atoms with Gasteiger partial charge in [0.25, 0.3) is 10.0 Å². The van der Waals surface area contributed by atoms with Gasteiger partial charge in [0.05, 0.1) is 6.61 Å². The van der Waals surface area contributed by atoms with Crippen LogP contribution in [0.5, 0.6) is 0 Å². The molecule has 0 aliphatic heterocycles. The lowest BCUT2D eigenvalue weighted by Crippen LogP contribution is -2.39. The van der Waals surface area contributed by atoms with E-state index in [0.717, 1.165) is 19.3 Å². The largest absolute Gasteiger partial charge is 0.392 e. The molecule has 0 spiro atoms. The van der Waals surface area contributed by atoms with Crippen LogP contribution in [0.25, 0.3) is 0 Å². The molecule has 0 saturated carbocycles. The summed E-state index contributed by atoms with van der Waals surface area (Å²) in [6.07, 6.45) is 2.47. The van der Waals surface area contributed by atoms with Crippen LogP contribution in [0.2, 0.25) is 0 Å². The van der Waals surface area contributed by atoms with Gasteiger partial charge in [-0.15, -0.1) is 0 Å². The zero-order valence-electron chi connectivity index (χ0n) is 12.7. The number of hydrogen-bond donors (Lipinski definition) is 2. The van der Waals surface area contributed by atoms with E-state index in [1.807, 2.05) is 20.8 Å². The van der Waals surface area contributed by atoms with Gasteiger partial charge in [0.15, 0.2) is 5.03 Å². The van der Waals surface area contributed by atoms with E-state index in [0.29, 0.717) is 17.8 Å². The normalized spacial score (nSPS) is 13.9. The van der Waals surface area contributed by atoms with Gasteiger partial charge in [-0.25, -0.2) is 8.42 Å². The molecule has 0 aromatic carbocycles. The summed E-state index contributed by atoms with van der Waals surface area (Å²) in [5.74, 6) is 0. The number of aromatic amines is 1. The quantitative estimate of drug-likeness (QED) is 0.766. The molecule has 116 valence electrons. The number of aliphatic hydroxyl groups excluding tert-OH is 1. The Labute approximate surface area is 121 Å². The smallest absolute Gasteiger partial charge is 0.262 e. The molecule has 0 aliphatic carbocycles. The predicted octanol–water partition coefficient (Wildman–Crippen LogP) is 1.80. The molecule has 1 atom stereocenters. The van der Waals surface area contributed by atoms with Crippen molar-refractivity contribution in [1.29, 1.82) is 0 Å². The van der Waals surface area contributed by atoms with Crippen LogP contribution in [0, 0.1) is 6.92 Å². The summed E-state index contributed by atoms with van der Waals surface area (Å²) >= 11 is 0. The molecule has 1 aromatic heterocycles. The maximum absolute atomic E-state index is 12.8. The minimum absolute atomic E-state index is 0.0473. The van der Waals surface area contributed by atoms with Gasteiger partial charge in [-0.3, -0.25) is 5.10 Å². The number of H-pyrrole nitrogens is 1. The molecule has 7 heteroatoms. The third-order valence-electron chi connectivity index (χ3n) is 3.56. The second-order valence-corrected chi connectivity index (χ2v) is 6.82. The monoisotopic (exact) mass is 303 g/mol. The lowest BCUT2D eigenvalue weighted by molar-refractivity contribution is 0.276. The van der Waals surface area contributed by atoms with Gasteiger partial charge >= 0.3 is 0 Å². The average Bonchev–Trinajstić information content (AvgIpc) is 2.80. The molecule has 0 bridgehead atoms. The average molecular weight is 303 g/mol. The van der Waals surface area contributed by atoms with Gasteiger partial charge in [-0.2, -0.15) is 9.40 Å². The number of nitrogens with one attached hydrogen (secondary N) is 1. The molecular weight excluding hydrogens is 278 g/mol. The molecule has 20 heavy (non-hydrogen) atoms. The summed E-state index contributed by atoms with van der Waals surface area (Å²) in [5, 5.41) is 15.9. The van der Waals surface area contributed by atoms with E-state index in [1.165, 1.54) is 4.31 Å². The van der Waals surface area contributed by atoms with Crippen LogP contribution < -0.4 is 0 Å². The number of unbranched alkanes of at least 4 members (excludes halogenated alkanes) is 1. The number of sulfonamides is 1. The Bertz CT molecular complexity index is 525. The SMILES string of the molecule is CCCCN(C(C)CC)S(=O)(=O)c1n[nH]c(C)c1CO. The fraction of sp³-hybridized carbons (Fsp3) is 0.769. The Morgan fingerprint density at radius 3 is 2.55 bits per heavy atom. The molecule has 1 aromatic rings. The van der Waals surface area contributed by atoms with E-state index in [1.54, 1.807) is 6.92 Å². The molecule has 1 heterocycles. The van der Waals surface area contributed by atoms with Gasteiger partial charge in [-0.1, -0.05) is 20.3 Å². The first kappa shape index (κ1) is 17.1. The first-order chi connectivity index (χ1) is 9.39. The third kappa shape index (κ3) is 3.39. The highest BCUT2D eigenvalue weighted by Gasteiger charge is 2.32. The van der Waals surface area contributed by atoms with Gasteiger partial charge < -0.3 is 5.11 Å². The first-order valence-electron chi connectivity index (χ1n) is 7.06. The number of aliphatic hydroxyl groups is 1. The van der Waals surface area contributed by atoms with Crippen molar-refractivity contribution in [2.45, 2.75) is 64.6 Å². The zero-order chi connectivity index (χ0) is 15.3. The van der Waals surface area contributed by atoms with Crippen LogP contribution in [0.3, 0.4) is 0 Å². The Balaban J connectivity index is 3.21. The molecule has 1 rings (SSSR count). The molecule has 0 saturated heterocycles. The third-order valence-corrected chi connectivity index (χ3v) is 5.55. The Morgan fingerprint density at radius 2 is 2.05 bits per heavy atom. The Kier molecular flexibility index (Phi) is 6.16. The minimum Gasteiger partial charge on any atom is -0.392 e. The highest BCUT2D eigenvalue weighted by molar-refractivity contribution is 7.89. The Morgan fingerprint density at radius 1 is 1.40 bits per heavy atom. The molecular formula is C13H25N3O3S. The van der Waals surface area contributed by atoms with Crippen LogP contribution in [0.15, 0.2) is 5.03 Å².